The highest BCUT2D eigenvalue weighted by atomic mass is 19.1. The van der Waals surface area contributed by atoms with E-state index in [1.54, 1.807) is 25.1 Å². The molecule has 1 saturated heterocycles. The molecule has 1 saturated carbocycles. The van der Waals surface area contributed by atoms with Gasteiger partial charge >= 0.3 is 6.03 Å². The van der Waals surface area contributed by atoms with Crippen LogP contribution in [0.15, 0.2) is 24.3 Å². The van der Waals surface area contributed by atoms with Gasteiger partial charge in [-0.2, -0.15) is 0 Å². The monoisotopic (exact) mass is 361 g/mol. The Balaban J connectivity index is 1.55. The maximum atomic E-state index is 13.8. The molecule has 3 rings (SSSR count). The molecule has 2 fully saturated rings. The number of carbonyl (C=O) groups excluding carboxylic acids is 3. The first-order valence-corrected chi connectivity index (χ1v) is 9.11. The molecule has 26 heavy (non-hydrogen) atoms. The summed E-state index contributed by atoms with van der Waals surface area (Å²) in [6.45, 7) is 1.73. The van der Waals surface area contributed by atoms with Gasteiger partial charge in [-0.15, -0.1) is 0 Å². The standard InChI is InChI=1S/C19H24FN3O3/c1-13(14-7-3-4-8-15(14)20)21-16(24)9-12-23-17(25)19(22-18(23)26)10-5-2-6-11-19/h3-4,7-8,13H,2,5-6,9-12H2,1H3,(H,21,24)(H,22,26). The number of amides is 4. The molecule has 6 nitrogen and oxygen atoms in total. The predicted molar refractivity (Wildman–Crippen MR) is 93.6 cm³/mol. The number of carbonyl (C=O) groups is 3. The Kier molecular flexibility index (Phi) is 5.25. The van der Waals surface area contributed by atoms with Gasteiger partial charge in [0.25, 0.3) is 5.91 Å². The number of halogens is 1. The topological polar surface area (TPSA) is 78.5 Å². The van der Waals surface area contributed by atoms with Gasteiger partial charge in [-0.05, 0) is 25.8 Å². The van der Waals surface area contributed by atoms with Crippen LogP contribution < -0.4 is 10.6 Å². The first-order chi connectivity index (χ1) is 12.4. The number of nitrogens with zero attached hydrogens (tertiary/aromatic N) is 1. The van der Waals surface area contributed by atoms with Crippen molar-refractivity contribution < 1.29 is 18.8 Å². The summed E-state index contributed by atoms with van der Waals surface area (Å²) in [4.78, 5) is 38.1. The van der Waals surface area contributed by atoms with Crippen LogP contribution in [0.3, 0.4) is 0 Å². The van der Waals surface area contributed by atoms with Gasteiger partial charge in [0.05, 0.1) is 6.04 Å². The van der Waals surface area contributed by atoms with Gasteiger partial charge in [0.15, 0.2) is 0 Å². The highest BCUT2D eigenvalue weighted by Gasteiger charge is 2.51. The molecule has 0 bridgehead atoms. The van der Waals surface area contributed by atoms with E-state index in [9.17, 15) is 18.8 Å². The third-order valence-corrected chi connectivity index (χ3v) is 5.26. The molecule has 1 aliphatic carbocycles. The number of imide groups is 1. The number of benzene rings is 1. The molecule has 1 aromatic rings. The third kappa shape index (κ3) is 3.57. The van der Waals surface area contributed by atoms with Crippen molar-refractivity contribution in [2.45, 2.75) is 57.0 Å². The van der Waals surface area contributed by atoms with Gasteiger partial charge in [-0.25, -0.2) is 9.18 Å². The second-order valence-corrected chi connectivity index (χ2v) is 7.09. The van der Waals surface area contributed by atoms with Crippen molar-refractivity contribution in [3.63, 3.8) is 0 Å². The zero-order valence-corrected chi connectivity index (χ0v) is 14.9. The molecule has 7 heteroatoms. The average molecular weight is 361 g/mol. The minimum Gasteiger partial charge on any atom is -0.349 e. The van der Waals surface area contributed by atoms with Crippen molar-refractivity contribution in [2.24, 2.45) is 0 Å². The van der Waals surface area contributed by atoms with Gasteiger partial charge in [0.2, 0.25) is 5.91 Å². The van der Waals surface area contributed by atoms with Crippen LogP contribution in [-0.4, -0.2) is 34.8 Å². The van der Waals surface area contributed by atoms with Crippen molar-refractivity contribution in [3.8, 4) is 0 Å². The molecule has 2 aliphatic rings. The highest BCUT2D eigenvalue weighted by molar-refractivity contribution is 6.07. The molecular weight excluding hydrogens is 337 g/mol. The molecule has 4 amide bonds. The lowest BCUT2D eigenvalue weighted by Crippen LogP contribution is -2.48. The van der Waals surface area contributed by atoms with E-state index in [-0.39, 0.29) is 30.6 Å². The van der Waals surface area contributed by atoms with Gasteiger partial charge < -0.3 is 10.6 Å². The van der Waals surface area contributed by atoms with E-state index in [4.69, 9.17) is 0 Å². The molecule has 1 atom stereocenters. The maximum Gasteiger partial charge on any atom is 0.325 e. The molecule has 1 unspecified atom stereocenters. The van der Waals surface area contributed by atoms with Crippen molar-refractivity contribution in [1.82, 2.24) is 15.5 Å². The summed E-state index contributed by atoms with van der Waals surface area (Å²) < 4.78 is 13.8. The van der Waals surface area contributed by atoms with Gasteiger partial charge in [0.1, 0.15) is 11.4 Å². The molecule has 1 heterocycles. The molecule has 2 N–H and O–H groups in total. The van der Waals surface area contributed by atoms with Crippen LogP contribution in [0.25, 0.3) is 0 Å². The molecular formula is C19H24FN3O3. The highest BCUT2D eigenvalue weighted by Crippen LogP contribution is 2.33. The lowest BCUT2D eigenvalue weighted by Gasteiger charge is -2.30. The Bertz CT molecular complexity index is 716. The summed E-state index contributed by atoms with van der Waals surface area (Å²) in [6.07, 6.45) is 4.21. The summed E-state index contributed by atoms with van der Waals surface area (Å²) in [5.41, 5.74) is -0.372. The van der Waals surface area contributed by atoms with Crippen LogP contribution in [0.2, 0.25) is 0 Å². The summed E-state index contributed by atoms with van der Waals surface area (Å²) in [5, 5.41) is 5.54. The van der Waals surface area contributed by atoms with E-state index in [0.29, 0.717) is 18.4 Å². The summed E-state index contributed by atoms with van der Waals surface area (Å²) in [5.74, 6) is -0.934. The lowest BCUT2D eigenvalue weighted by molar-refractivity contribution is -0.132. The fourth-order valence-electron chi connectivity index (χ4n) is 3.80. The van der Waals surface area contributed by atoms with Crippen LogP contribution >= 0.6 is 0 Å². The smallest absolute Gasteiger partial charge is 0.325 e. The van der Waals surface area contributed by atoms with E-state index >= 15 is 0 Å². The van der Waals surface area contributed by atoms with Gasteiger partial charge in [-0.3, -0.25) is 14.5 Å². The first-order valence-electron chi connectivity index (χ1n) is 9.11. The van der Waals surface area contributed by atoms with Crippen LogP contribution in [-0.2, 0) is 9.59 Å². The third-order valence-electron chi connectivity index (χ3n) is 5.26. The van der Waals surface area contributed by atoms with Crippen LogP contribution in [0.1, 0.15) is 57.1 Å². The summed E-state index contributed by atoms with van der Waals surface area (Å²) in [7, 11) is 0. The van der Waals surface area contributed by atoms with Crippen LogP contribution in [0.4, 0.5) is 9.18 Å². The van der Waals surface area contributed by atoms with Gasteiger partial charge in [0, 0.05) is 18.5 Å². The fraction of sp³-hybridized carbons (Fsp3) is 0.526. The SMILES string of the molecule is CC(NC(=O)CCN1C(=O)NC2(CCCCC2)C1=O)c1ccccc1F. The van der Waals surface area contributed by atoms with Crippen LogP contribution in [0.5, 0.6) is 0 Å². The zero-order chi connectivity index (χ0) is 18.7. The maximum absolute atomic E-state index is 13.8. The molecule has 0 aromatic heterocycles. The number of rotatable bonds is 5. The minimum atomic E-state index is -0.772. The number of nitrogens with one attached hydrogen (secondary N) is 2. The second kappa shape index (κ2) is 7.43. The largest absolute Gasteiger partial charge is 0.349 e. The number of hydrogen-bond acceptors (Lipinski definition) is 3. The second-order valence-electron chi connectivity index (χ2n) is 7.09. The quantitative estimate of drug-likeness (QED) is 0.792. The summed E-state index contributed by atoms with van der Waals surface area (Å²) >= 11 is 0. The van der Waals surface area contributed by atoms with E-state index < -0.39 is 17.6 Å². The predicted octanol–water partition coefficient (Wildman–Crippen LogP) is 2.65. The fourth-order valence-corrected chi connectivity index (χ4v) is 3.80. The number of hydrogen-bond donors (Lipinski definition) is 2. The Morgan fingerprint density at radius 1 is 1.27 bits per heavy atom. The minimum absolute atomic E-state index is 0.00592. The van der Waals surface area contributed by atoms with Gasteiger partial charge in [-0.1, -0.05) is 37.5 Å². The van der Waals surface area contributed by atoms with Crippen molar-refractivity contribution >= 4 is 17.8 Å². The van der Waals surface area contributed by atoms with E-state index in [2.05, 4.69) is 10.6 Å². The Morgan fingerprint density at radius 3 is 2.65 bits per heavy atom. The van der Waals surface area contributed by atoms with Crippen LogP contribution in [0, 0.1) is 5.82 Å². The molecule has 0 radical (unpaired) electrons. The normalized spacial score (nSPS) is 20.2. The van der Waals surface area contributed by atoms with Crippen molar-refractivity contribution in [2.75, 3.05) is 6.54 Å². The average Bonchev–Trinajstić information content (AvgIpc) is 2.84. The van der Waals surface area contributed by atoms with E-state index in [1.165, 1.54) is 6.07 Å². The summed E-state index contributed by atoms with van der Waals surface area (Å²) in [6, 6.07) is 5.34. The Morgan fingerprint density at radius 2 is 1.96 bits per heavy atom. The molecule has 1 aromatic carbocycles. The lowest BCUT2D eigenvalue weighted by atomic mass is 9.82. The Labute approximate surface area is 152 Å². The number of urea groups is 1. The zero-order valence-electron chi connectivity index (χ0n) is 14.9. The van der Waals surface area contributed by atoms with E-state index in [0.717, 1.165) is 24.2 Å². The molecule has 140 valence electrons. The van der Waals surface area contributed by atoms with E-state index in [1.807, 2.05) is 0 Å². The Hall–Kier alpha value is -2.44. The molecule has 1 spiro atoms. The van der Waals surface area contributed by atoms with Crippen molar-refractivity contribution in [3.05, 3.63) is 35.6 Å². The first kappa shape index (κ1) is 18.4. The van der Waals surface area contributed by atoms with Crippen molar-refractivity contribution in [1.29, 1.82) is 0 Å². The molecule has 1 aliphatic heterocycles.